The van der Waals surface area contributed by atoms with E-state index in [4.69, 9.17) is 4.74 Å². The molecule has 3 aromatic heterocycles. The van der Waals surface area contributed by atoms with Crippen molar-refractivity contribution in [1.29, 1.82) is 0 Å². The second kappa shape index (κ2) is 8.39. The zero-order valence-electron chi connectivity index (χ0n) is 16.7. The zero-order valence-corrected chi connectivity index (χ0v) is 16.7. The Bertz CT molecular complexity index is 1140. The van der Waals surface area contributed by atoms with Crippen LogP contribution >= 0.6 is 0 Å². The van der Waals surface area contributed by atoms with Gasteiger partial charge in [0, 0.05) is 30.6 Å². The second-order valence-corrected chi connectivity index (χ2v) is 7.55. The number of H-pyrrole nitrogens is 1. The highest BCUT2D eigenvalue weighted by Gasteiger charge is 2.44. The molecule has 0 aliphatic heterocycles. The van der Waals surface area contributed by atoms with Crippen LogP contribution in [0.2, 0.25) is 0 Å². The number of hydrogen-bond acceptors (Lipinski definition) is 6. The van der Waals surface area contributed by atoms with E-state index in [1.807, 2.05) is 35.3 Å². The minimum atomic E-state index is -0.0655. The number of nitrogens with zero attached hydrogens (tertiary/aromatic N) is 5. The number of nitrogens with one attached hydrogen (secondary N) is 2. The van der Waals surface area contributed by atoms with Crippen LogP contribution in [0.5, 0.6) is 5.75 Å². The van der Waals surface area contributed by atoms with Gasteiger partial charge in [0.15, 0.2) is 5.82 Å². The molecule has 1 fully saturated rings. The van der Waals surface area contributed by atoms with E-state index in [1.165, 1.54) is 6.20 Å². The van der Waals surface area contributed by atoms with E-state index in [0.29, 0.717) is 18.2 Å². The number of anilines is 1. The maximum absolute atomic E-state index is 12.5. The molecule has 0 radical (unpaired) electrons. The molecule has 1 saturated carbocycles. The number of ether oxygens (including phenoxy) is 1. The third-order valence-electron chi connectivity index (χ3n) is 5.29. The van der Waals surface area contributed by atoms with Crippen LogP contribution < -0.4 is 10.1 Å². The van der Waals surface area contributed by atoms with Crippen molar-refractivity contribution in [3.8, 4) is 5.75 Å². The Morgan fingerprint density at radius 1 is 1.23 bits per heavy atom. The highest BCUT2D eigenvalue weighted by atomic mass is 16.5. The van der Waals surface area contributed by atoms with Crippen LogP contribution in [0.4, 0.5) is 5.82 Å². The Kier molecular flexibility index (Phi) is 5.14. The Morgan fingerprint density at radius 3 is 2.87 bits per heavy atom. The summed E-state index contributed by atoms with van der Waals surface area (Å²) in [5.41, 5.74) is 3.25. The summed E-state index contributed by atoms with van der Waals surface area (Å²) in [6.07, 6.45) is 9.64. The largest absolute Gasteiger partial charge is 0.487 e. The van der Waals surface area contributed by atoms with Gasteiger partial charge in [0.2, 0.25) is 5.91 Å². The highest BCUT2D eigenvalue weighted by molar-refractivity contribution is 5.94. The minimum Gasteiger partial charge on any atom is -0.487 e. The van der Waals surface area contributed by atoms with Gasteiger partial charge in [0.05, 0.1) is 18.9 Å². The fourth-order valence-electron chi connectivity index (χ4n) is 3.51. The molecule has 0 bridgehead atoms. The van der Waals surface area contributed by atoms with E-state index in [2.05, 4.69) is 42.9 Å². The first-order valence-corrected chi connectivity index (χ1v) is 10.0. The van der Waals surface area contributed by atoms with Crippen molar-refractivity contribution in [3.05, 3.63) is 84.1 Å². The van der Waals surface area contributed by atoms with Crippen molar-refractivity contribution in [2.45, 2.75) is 25.5 Å². The molecule has 1 aliphatic carbocycles. The van der Waals surface area contributed by atoms with Crippen LogP contribution in [-0.4, -0.2) is 36.1 Å². The average Bonchev–Trinajstić information content (AvgIpc) is 3.15. The predicted molar refractivity (Wildman–Crippen MR) is 112 cm³/mol. The Labute approximate surface area is 178 Å². The molecule has 2 atom stereocenters. The van der Waals surface area contributed by atoms with E-state index < -0.39 is 0 Å². The summed E-state index contributed by atoms with van der Waals surface area (Å²) in [6.45, 7) is 1.13. The van der Waals surface area contributed by atoms with Crippen LogP contribution in [-0.2, 0) is 17.9 Å². The minimum absolute atomic E-state index is 0.0644. The fraction of sp³-hybridized carbons (Fsp3) is 0.227. The lowest BCUT2D eigenvalue weighted by molar-refractivity contribution is -0.117. The maximum atomic E-state index is 12.5. The lowest BCUT2D eigenvalue weighted by atomic mass is 10.1. The van der Waals surface area contributed by atoms with E-state index in [-0.39, 0.29) is 17.7 Å². The first-order valence-electron chi connectivity index (χ1n) is 10.0. The molecule has 1 amide bonds. The number of aromatic nitrogens is 6. The molecule has 9 nitrogen and oxygen atoms in total. The van der Waals surface area contributed by atoms with Crippen molar-refractivity contribution < 1.29 is 9.53 Å². The second-order valence-electron chi connectivity index (χ2n) is 7.55. The van der Waals surface area contributed by atoms with Gasteiger partial charge in [-0.2, -0.15) is 15.3 Å². The lowest BCUT2D eigenvalue weighted by Gasteiger charge is -2.09. The highest BCUT2D eigenvalue weighted by Crippen LogP contribution is 2.47. The average molecular weight is 415 g/mol. The Hall–Kier alpha value is -4.01. The van der Waals surface area contributed by atoms with Gasteiger partial charge < -0.3 is 10.1 Å². The third kappa shape index (κ3) is 4.61. The van der Waals surface area contributed by atoms with Crippen LogP contribution in [0.25, 0.3) is 0 Å². The summed E-state index contributed by atoms with van der Waals surface area (Å²) in [5, 5.41) is 21.7. The SMILES string of the molecule is O=C(Nc1cc(OCc2ccc(Cn3cccn3)cc2)cnn1)[C@H]1C[C@@H]1c1cn[nH]c1. The third-order valence-corrected chi connectivity index (χ3v) is 5.29. The number of hydrogen-bond donors (Lipinski definition) is 2. The molecule has 3 heterocycles. The molecular weight excluding hydrogens is 394 g/mol. The standard InChI is InChI=1S/C22H21N7O2/c30-22(20-9-19(20)17-10-23-24-11-17)27-21-8-18(12-25-28-21)31-14-16-4-2-15(3-5-16)13-29-7-1-6-26-29/h1-8,10-12,19-20H,9,13-14H2,(H,23,24)(H,27,28,30)/t19-,20+/m1/s1. The molecular formula is C22H21N7O2. The lowest BCUT2D eigenvalue weighted by Crippen LogP contribution is -2.16. The maximum Gasteiger partial charge on any atom is 0.229 e. The van der Waals surface area contributed by atoms with Crippen molar-refractivity contribution in [3.63, 3.8) is 0 Å². The Balaban J connectivity index is 1.14. The molecule has 1 aliphatic rings. The first kappa shape index (κ1) is 19.0. The van der Waals surface area contributed by atoms with Crippen molar-refractivity contribution in [1.82, 2.24) is 30.2 Å². The van der Waals surface area contributed by atoms with Gasteiger partial charge in [0.25, 0.3) is 0 Å². The van der Waals surface area contributed by atoms with Crippen molar-refractivity contribution in [2.75, 3.05) is 5.32 Å². The van der Waals surface area contributed by atoms with Gasteiger partial charge >= 0.3 is 0 Å². The van der Waals surface area contributed by atoms with Gasteiger partial charge in [-0.3, -0.25) is 14.6 Å². The van der Waals surface area contributed by atoms with Gasteiger partial charge in [-0.1, -0.05) is 24.3 Å². The van der Waals surface area contributed by atoms with Crippen LogP contribution in [0.3, 0.4) is 0 Å². The normalized spacial score (nSPS) is 17.3. The molecule has 1 aromatic carbocycles. The van der Waals surface area contributed by atoms with Gasteiger partial charge in [-0.25, -0.2) is 0 Å². The van der Waals surface area contributed by atoms with Gasteiger partial charge in [-0.15, -0.1) is 5.10 Å². The molecule has 0 saturated heterocycles. The van der Waals surface area contributed by atoms with Crippen LogP contribution in [0, 0.1) is 5.92 Å². The number of rotatable bonds is 8. The van der Waals surface area contributed by atoms with Gasteiger partial charge in [0.1, 0.15) is 12.4 Å². The molecule has 9 heteroatoms. The van der Waals surface area contributed by atoms with E-state index in [1.54, 1.807) is 18.5 Å². The number of aromatic amines is 1. The topological polar surface area (TPSA) is 111 Å². The first-order chi connectivity index (χ1) is 15.2. The molecule has 2 N–H and O–H groups in total. The summed E-state index contributed by atoms with van der Waals surface area (Å²) >= 11 is 0. The number of carbonyl (C=O) groups excluding carboxylic acids is 1. The van der Waals surface area contributed by atoms with E-state index >= 15 is 0 Å². The van der Waals surface area contributed by atoms with Gasteiger partial charge in [-0.05, 0) is 35.1 Å². The molecule has 156 valence electrons. The van der Waals surface area contributed by atoms with Crippen molar-refractivity contribution in [2.24, 2.45) is 5.92 Å². The number of carbonyl (C=O) groups is 1. The summed E-state index contributed by atoms with van der Waals surface area (Å²) in [5.74, 6) is 1.01. The monoisotopic (exact) mass is 415 g/mol. The molecule has 31 heavy (non-hydrogen) atoms. The summed E-state index contributed by atoms with van der Waals surface area (Å²) in [4.78, 5) is 12.5. The van der Waals surface area contributed by atoms with Crippen LogP contribution in [0.1, 0.15) is 29.0 Å². The smallest absolute Gasteiger partial charge is 0.229 e. The zero-order chi connectivity index (χ0) is 21.0. The summed E-state index contributed by atoms with van der Waals surface area (Å²) in [6, 6.07) is 11.8. The van der Waals surface area contributed by atoms with E-state index in [0.717, 1.165) is 29.7 Å². The quantitative estimate of drug-likeness (QED) is 0.458. The molecule has 0 spiro atoms. The van der Waals surface area contributed by atoms with Crippen molar-refractivity contribution >= 4 is 11.7 Å². The Morgan fingerprint density at radius 2 is 2.10 bits per heavy atom. The molecule has 4 aromatic rings. The molecule has 0 unspecified atom stereocenters. The van der Waals surface area contributed by atoms with Crippen LogP contribution in [0.15, 0.2) is 67.4 Å². The molecule has 5 rings (SSSR count). The fourth-order valence-corrected chi connectivity index (χ4v) is 3.51. The number of amides is 1. The van der Waals surface area contributed by atoms with E-state index in [9.17, 15) is 4.79 Å². The number of benzene rings is 1. The summed E-state index contributed by atoms with van der Waals surface area (Å²) < 4.78 is 7.71. The summed E-state index contributed by atoms with van der Waals surface area (Å²) in [7, 11) is 0. The predicted octanol–water partition coefficient (Wildman–Crippen LogP) is 2.77.